The smallest absolute Gasteiger partial charge is 0.271 e. The number of anilines is 3. The first-order chi connectivity index (χ1) is 19.7. The number of pyridine rings is 2. The van der Waals surface area contributed by atoms with Crippen LogP contribution in [0.5, 0.6) is 5.75 Å². The Hall–Kier alpha value is -4.96. The zero-order valence-corrected chi connectivity index (χ0v) is 23.0. The second-order valence-electron chi connectivity index (χ2n) is 10.5. The van der Waals surface area contributed by atoms with Gasteiger partial charge in [0.05, 0.1) is 18.8 Å². The number of ether oxygens (including phenoxy) is 1. The Kier molecular flexibility index (Phi) is 7.58. The van der Waals surface area contributed by atoms with Crippen LogP contribution < -0.4 is 26.2 Å². The molecule has 10 nitrogen and oxygen atoms in total. The number of H-pyrrole nitrogens is 1. The maximum Gasteiger partial charge on any atom is 0.271 e. The molecule has 0 saturated heterocycles. The molecule has 2 aromatic heterocycles. The number of aromatic nitrogens is 2. The highest BCUT2D eigenvalue weighted by Gasteiger charge is 2.32. The summed E-state index contributed by atoms with van der Waals surface area (Å²) in [6, 6.07) is 16.0. The third-order valence-corrected chi connectivity index (χ3v) is 7.04. The number of carbonyl (C=O) groups is 2. The standard InChI is InChI=1S/C31H31N5O5/c1-18-22(5-4-6-24(18)36-29(39)19-7-9-23-26(14-19)41-17-31(23,2)3)21-13-25(30(40)34-16-21)35-27-10-8-20(15-33-27)28(38)32-11-12-37/h4-10,13-16,37H,11-12,17H2,1-3H3,(H,32,38)(H,33,35)(H,34,40)(H,36,39). The van der Waals surface area contributed by atoms with E-state index in [1.54, 1.807) is 30.5 Å². The Morgan fingerprint density at radius 3 is 2.61 bits per heavy atom. The number of aromatic amines is 1. The molecule has 5 rings (SSSR count). The van der Waals surface area contributed by atoms with Crippen LogP contribution in [0.15, 0.2) is 71.8 Å². The van der Waals surface area contributed by atoms with Crippen molar-refractivity contribution in [2.45, 2.75) is 26.2 Å². The molecule has 3 heterocycles. The third-order valence-electron chi connectivity index (χ3n) is 7.04. The first-order valence-electron chi connectivity index (χ1n) is 13.2. The summed E-state index contributed by atoms with van der Waals surface area (Å²) in [5, 5.41) is 17.4. The van der Waals surface area contributed by atoms with Gasteiger partial charge in [-0.05, 0) is 54.4 Å². The molecule has 4 aromatic rings. The van der Waals surface area contributed by atoms with Gasteiger partial charge in [0.1, 0.15) is 17.3 Å². The van der Waals surface area contributed by atoms with Gasteiger partial charge in [-0.3, -0.25) is 14.4 Å². The summed E-state index contributed by atoms with van der Waals surface area (Å²) < 4.78 is 5.80. The second-order valence-corrected chi connectivity index (χ2v) is 10.5. The van der Waals surface area contributed by atoms with Crippen LogP contribution in [0.4, 0.5) is 17.2 Å². The van der Waals surface area contributed by atoms with Crippen LogP contribution in [0.2, 0.25) is 0 Å². The van der Waals surface area contributed by atoms with E-state index in [1.807, 2.05) is 37.3 Å². The van der Waals surface area contributed by atoms with Gasteiger partial charge in [0.25, 0.3) is 17.4 Å². The molecule has 1 aliphatic heterocycles. The zero-order valence-electron chi connectivity index (χ0n) is 23.0. The molecule has 0 atom stereocenters. The van der Waals surface area contributed by atoms with Gasteiger partial charge < -0.3 is 30.8 Å². The van der Waals surface area contributed by atoms with Gasteiger partial charge in [-0.15, -0.1) is 0 Å². The third kappa shape index (κ3) is 5.82. The van der Waals surface area contributed by atoms with Crippen LogP contribution in [0.25, 0.3) is 11.1 Å². The summed E-state index contributed by atoms with van der Waals surface area (Å²) in [7, 11) is 0. The molecular weight excluding hydrogens is 522 g/mol. The van der Waals surface area contributed by atoms with Crippen molar-refractivity contribution in [3.63, 3.8) is 0 Å². The van der Waals surface area contributed by atoms with Gasteiger partial charge in [-0.25, -0.2) is 4.98 Å². The highest BCUT2D eigenvalue weighted by atomic mass is 16.5. The predicted molar refractivity (Wildman–Crippen MR) is 157 cm³/mol. The summed E-state index contributed by atoms with van der Waals surface area (Å²) in [6.45, 7) is 6.69. The maximum absolute atomic E-state index is 13.1. The van der Waals surface area contributed by atoms with Crippen molar-refractivity contribution < 1.29 is 19.4 Å². The van der Waals surface area contributed by atoms with E-state index >= 15 is 0 Å². The van der Waals surface area contributed by atoms with Crippen LogP contribution in [0, 0.1) is 6.92 Å². The van der Waals surface area contributed by atoms with E-state index in [0.29, 0.717) is 29.2 Å². The minimum absolute atomic E-state index is 0.0870. The van der Waals surface area contributed by atoms with Gasteiger partial charge in [-0.1, -0.05) is 32.0 Å². The molecule has 1 aliphatic rings. The lowest BCUT2D eigenvalue weighted by atomic mass is 9.86. The fourth-order valence-electron chi connectivity index (χ4n) is 4.70. The summed E-state index contributed by atoms with van der Waals surface area (Å²) in [6.07, 6.45) is 3.00. The highest BCUT2D eigenvalue weighted by Crippen LogP contribution is 2.39. The van der Waals surface area contributed by atoms with Gasteiger partial charge in [0.2, 0.25) is 0 Å². The topological polar surface area (TPSA) is 145 Å². The Morgan fingerprint density at radius 1 is 1.05 bits per heavy atom. The van der Waals surface area contributed by atoms with Gasteiger partial charge in [-0.2, -0.15) is 0 Å². The first kappa shape index (κ1) is 27.6. The van der Waals surface area contributed by atoms with Crippen molar-refractivity contribution in [3.05, 3.63) is 99.6 Å². The Labute approximate surface area is 236 Å². The van der Waals surface area contributed by atoms with E-state index in [1.165, 1.54) is 6.20 Å². The van der Waals surface area contributed by atoms with Crippen LogP contribution >= 0.6 is 0 Å². The molecular formula is C31H31N5O5. The van der Waals surface area contributed by atoms with Crippen LogP contribution in [-0.4, -0.2) is 46.6 Å². The van der Waals surface area contributed by atoms with Gasteiger partial charge >= 0.3 is 0 Å². The average molecular weight is 554 g/mol. The molecule has 2 aromatic carbocycles. The molecule has 0 unspecified atom stereocenters. The molecule has 5 N–H and O–H groups in total. The Bertz CT molecular complexity index is 1680. The number of amides is 2. The SMILES string of the molecule is Cc1c(NC(=O)c2ccc3c(c2)OCC3(C)C)cccc1-c1c[nH]c(=O)c(Nc2ccc(C(=O)NCCO)cn2)c1. The lowest BCUT2D eigenvalue weighted by molar-refractivity contribution is 0.0943. The summed E-state index contributed by atoms with van der Waals surface area (Å²) >= 11 is 0. The lowest BCUT2D eigenvalue weighted by Crippen LogP contribution is -2.26. The molecule has 0 radical (unpaired) electrons. The van der Waals surface area contributed by atoms with E-state index in [4.69, 9.17) is 9.84 Å². The van der Waals surface area contributed by atoms with Gasteiger partial charge in [0.15, 0.2) is 0 Å². The van der Waals surface area contributed by atoms with E-state index in [2.05, 4.69) is 39.8 Å². The van der Waals surface area contributed by atoms with Crippen molar-refractivity contribution >= 4 is 29.0 Å². The van der Waals surface area contributed by atoms with E-state index in [9.17, 15) is 14.4 Å². The van der Waals surface area contributed by atoms with Gasteiger partial charge in [0, 0.05) is 46.7 Å². The highest BCUT2D eigenvalue weighted by molar-refractivity contribution is 6.05. The number of hydrogen-bond donors (Lipinski definition) is 5. The molecule has 41 heavy (non-hydrogen) atoms. The Balaban J connectivity index is 1.34. The quantitative estimate of drug-likeness (QED) is 0.221. The first-order valence-corrected chi connectivity index (χ1v) is 13.2. The number of nitrogens with one attached hydrogen (secondary N) is 4. The number of nitrogens with zero attached hydrogens (tertiary/aromatic N) is 1. The molecule has 10 heteroatoms. The largest absolute Gasteiger partial charge is 0.492 e. The fraction of sp³-hybridized carbons (Fsp3) is 0.226. The average Bonchev–Trinajstić information content (AvgIpc) is 3.28. The van der Waals surface area contributed by atoms with Crippen molar-refractivity contribution in [2.24, 2.45) is 0 Å². The van der Waals surface area contributed by atoms with Crippen molar-refractivity contribution in [2.75, 3.05) is 30.4 Å². The van der Waals surface area contributed by atoms with Crippen LogP contribution in [0.3, 0.4) is 0 Å². The predicted octanol–water partition coefficient (Wildman–Crippen LogP) is 4.13. The van der Waals surface area contributed by atoms with Crippen molar-refractivity contribution in [1.29, 1.82) is 0 Å². The van der Waals surface area contributed by atoms with Crippen LogP contribution in [0.1, 0.15) is 45.7 Å². The number of hydrogen-bond acceptors (Lipinski definition) is 7. The summed E-state index contributed by atoms with van der Waals surface area (Å²) in [5.74, 6) is 0.514. The second kappa shape index (κ2) is 11.3. The summed E-state index contributed by atoms with van der Waals surface area (Å²) in [5.41, 5.74) is 4.79. The van der Waals surface area contributed by atoms with Crippen molar-refractivity contribution in [1.82, 2.24) is 15.3 Å². The number of aliphatic hydroxyl groups is 1. The molecule has 0 spiro atoms. The minimum atomic E-state index is -0.353. The fourth-order valence-corrected chi connectivity index (χ4v) is 4.70. The normalized spacial score (nSPS) is 13.2. The minimum Gasteiger partial charge on any atom is -0.492 e. The number of fused-ring (bicyclic) bond motifs is 1. The van der Waals surface area contributed by atoms with E-state index < -0.39 is 0 Å². The monoisotopic (exact) mass is 553 g/mol. The molecule has 0 bridgehead atoms. The van der Waals surface area contributed by atoms with Crippen LogP contribution in [-0.2, 0) is 5.41 Å². The number of rotatable bonds is 8. The number of benzene rings is 2. The van der Waals surface area contributed by atoms with E-state index in [-0.39, 0.29) is 41.6 Å². The molecule has 0 saturated carbocycles. The number of aliphatic hydroxyl groups excluding tert-OH is 1. The molecule has 0 aliphatic carbocycles. The van der Waals surface area contributed by atoms with Crippen molar-refractivity contribution in [3.8, 4) is 16.9 Å². The molecule has 0 fully saturated rings. The number of carbonyl (C=O) groups excluding carboxylic acids is 2. The summed E-state index contributed by atoms with van der Waals surface area (Å²) in [4.78, 5) is 44.7. The molecule has 210 valence electrons. The molecule has 2 amide bonds. The van der Waals surface area contributed by atoms with E-state index in [0.717, 1.165) is 28.0 Å². The maximum atomic E-state index is 13.1. The Morgan fingerprint density at radius 2 is 1.85 bits per heavy atom. The zero-order chi connectivity index (χ0) is 29.1. The lowest BCUT2D eigenvalue weighted by Gasteiger charge is -2.15.